The molecule has 1 saturated heterocycles. The number of hydrogen-bond acceptors (Lipinski definition) is 3. The number of aliphatic hydroxyl groups is 1. The second kappa shape index (κ2) is 4.18. The fraction of sp³-hybridized carbons (Fsp3) is 0.615. The first kappa shape index (κ1) is 12.2. The lowest BCUT2D eigenvalue weighted by Crippen LogP contribution is -2.41. The molecule has 0 saturated carbocycles. The zero-order valence-electron chi connectivity index (χ0n) is 10.7. The number of pyridine rings is 1. The minimum Gasteiger partial charge on any atom is -0.396 e. The molecule has 0 spiro atoms. The summed E-state index contributed by atoms with van der Waals surface area (Å²) in [6.45, 7) is 5.32. The second-order valence-corrected chi connectivity index (χ2v) is 5.46. The van der Waals surface area contributed by atoms with Gasteiger partial charge in [-0.05, 0) is 26.3 Å². The van der Waals surface area contributed by atoms with Crippen LogP contribution in [0.25, 0.3) is 0 Å². The van der Waals surface area contributed by atoms with E-state index in [1.165, 1.54) is 0 Å². The molecule has 1 aromatic rings. The Morgan fingerprint density at radius 1 is 1.47 bits per heavy atom. The van der Waals surface area contributed by atoms with Gasteiger partial charge in [-0.15, -0.1) is 0 Å². The van der Waals surface area contributed by atoms with Crippen molar-refractivity contribution in [2.45, 2.75) is 25.8 Å². The first-order valence-electron chi connectivity index (χ1n) is 6.00. The Kier molecular flexibility index (Phi) is 3.00. The van der Waals surface area contributed by atoms with E-state index in [4.69, 9.17) is 0 Å². The van der Waals surface area contributed by atoms with Crippen LogP contribution in [0.5, 0.6) is 0 Å². The van der Waals surface area contributed by atoms with E-state index in [1.807, 2.05) is 6.07 Å². The number of nitrogens with zero attached hydrogens (tertiary/aromatic N) is 2. The molecule has 1 N–H and O–H groups in total. The summed E-state index contributed by atoms with van der Waals surface area (Å²) >= 11 is 0. The van der Waals surface area contributed by atoms with Crippen molar-refractivity contribution in [3.63, 3.8) is 0 Å². The lowest BCUT2D eigenvalue weighted by molar-refractivity contribution is 0.232. The Balaban J connectivity index is 2.40. The smallest absolute Gasteiger partial charge is 0.251 e. The standard InChI is InChI=1S/C13H20N2O2/c1-13(2)7-10(9-16)8-15(13)11-5-4-6-12(17)14(11)3/h4-6,10,16H,7-9H2,1-3H3. The summed E-state index contributed by atoms with van der Waals surface area (Å²) in [5, 5.41) is 9.29. The molecule has 17 heavy (non-hydrogen) atoms. The van der Waals surface area contributed by atoms with E-state index < -0.39 is 0 Å². The zero-order chi connectivity index (χ0) is 12.6. The summed E-state index contributed by atoms with van der Waals surface area (Å²) in [5.41, 5.74) is -0.00961. The predicted octanol–water partition coefficient (Wildman–Crippen LogP) is 0.983. The highest BCUT2D eigenvalue weighted by Crippen LogP contribution is 2.35. The summed E-state index contributed by atoms with van der Waals surface area (Å²) in [6.07, 6.45) is 0.951. The van der Waals surface area contributed by atoms with Crippen molar-refractivity contribution in [2.75, 3.05) is 18.1 Å². The number of aromatic nitrogens is 1. The van der Waals surface area contributed by atoms with Crippen LogP contribution < -0.4 is 10.5 Å². The molecular weight excluding hydrogens is 216 g/mol. The maximum absolute atomic E-state index is 11.6. The molecule has 1 unspecified atom stereocenters. The first-order chi connectivity index (χ1) is 7.95. The largest absolute Gasteiger partial charge is 0.396 e. The average molecular weight is 236 g/mol. The van der Waals surface area contributed by atoms with Crippen LogP contribution in [-0.4, -0.2) is 28.4 Å². The topological polar surface area (TPSA) is 45.5 Å². The van der Waals surface area contributed by atoms with Gasteiger partial charge in [-0.25, -0.2) is 0 Å². The highest BCUT2D eigenvalue weighted by atomic mass is 16.3. The van der Waals surface area contributed by atoms with Crippen LogP contribution in [-0.2, 0) is 7.05 Å². The van der Waals surface area contributed by atoms with E-state index in [1.54, 1.807) is 23.7 Å². The number of aliphatic hydroxyl groups excluding tert-OH is 1. The molecule has 0 amide bonds. The average Bonchev–Trinajstić information content (AvgIpc) is 2.58. The van der Waals surface area contributed by atoms with Gasteiger partial charge in [-0.3, -0.25) is 9.36 Å². The normalized spacial score (nSPS) is 23.1. The Hall–Kier alpha value is -1.29. The molecule has 1 aliphatic heterocycles. The minimum absolute atomic E-state index is 0.00532. The predicted molar refractivity (Wildman–Crippen MR) is 68.3 cm³/mol. The van der Waals surface area contributed by atoms with Crippen LogP contribution in [0.2, 0.25) is 0 Å². The van der Waals surface area contributed by atoms with Crippen molar-refractivity contribution in [1.29, 1.82) is 0 Å². The molecule has 1 fully saturated rings. The van der Waals surface area contributed by atoms with Crippen LogP contribution in [0.15, 0.2) is 23.0 Å². The molecule has 0 bridgehead atoms. The van der Waals surface area contributed by atoms with Crippen LogP contribution in [0.3, 0.4) is 0 Å². The molecule has 1 aliphatic rings. The van der Waals surface area contributed by atoms with Gasteiger partial charge < -0.3 is 10.0 Å². The molecular formula is C13H20N2O2. The third-order valence-corrected chi connectivity index (χ3v) is 3.65. The van der Waals surface area contributed by atoms with Gasteiger partial charge in [0.1, 0.15) is 5.82 Å². The fourth-order valence-electron chi connectivity index (χ4n) is 2.74. The Morgan fingerprint density at radius 2 is 2.18 bits per heavy atom. The maximum atomic E-state index is 11.6. The molecule has 1 atom stereocenters. The van der Waals surface area contributed by atoms with Crippen molar-refractivity contribution < 1.29 is 5.11 Å². The first-order valence-corrected chi connectivity index (χ1v) is 6.00. The van der Waals surface area contributed by atoms with Crippen molar-refractivity contribution >= 4 is 5.82 Å². The maximum Gasteiger partial charge on any atom is 0.251 e. The second-order valence-electron chi connectivity index (χ2n) is 5.46. The molecule has 0 radical (unpaired) electrons. The van der Waals surface area contributed by atoms with Gasteiger partial charge >= 0.3 is 0 Å². The molecule has 0 aliphatic carbocycles. The summed E-state index contributed by atoms with van der Waals surface area (Å²) < 4.78 is 1.67. The van der Waals surface area contributed by atoms with Gasteiger partial charge in [0.2, 0.25) is 0 Å². The lowest BCUT2D eigenvalue weighted by atomic mass is 9.97. The monoisotopic (exact) mass is 236 g/mol. The van der Waals surface area contributed by atoms with Gasteiger partial charge in [-0.1, -0.05) is 6.07 Å². The van der Waals surface area contributed by atoms with E-state index >= 15 is 0 Å². The Labute approximate surface area is 101 Å². The summed E-state index contributed by atoms with van der Waals surface area (Å²) in [7, 11) is 1.79. The lowest BCUT2D eigenvalue weighted by Gasteiger charge is -2.34. The zero-order valence-corrected chi connectivity index (χ0v) is 10.7. The third kappa shape index (κ3) is 2.09. The Bertz CT molecular complexity index is 465. The van der Waals surface area contributed by atoms with Crippen molar-refractivity contribution in [3.8, 4) is 0 Å². The molecule has 94 valence electrons. The summed E-state index contributed by atoms with van der Waals surface area (Å²) in [6, 6.07) is 5.32. The Morgan fingerprint density at radius 3 is 2.76 bits per heavy atom. The van der Waals surface area contributed by atoms with Gasteiger partial charge in [0, 0.05) is 37.7 Å². The van der Waals surface area contributed by atoms with Crippen LogP contribution in [0.4, 0.5) is 5.82 Å². The van der Waals surface area contributed by atoms with Crippen LogP contribution >= 0.6 is 0 Å². The van der Waals surface area contributed by atoms with E-state index in [0.717, 1.165) is 18.8 Å². The third-order valence-electron chi connectivity index (χ3n) is 3.65. The fourth-order valence-corrected chi connectivity index (χ4v) is 2.74. The number of anilines is 1. The van der Waals surface area contributed by atoms with Gasteiger partial charge in [0.05, 0.1) is 0 Å². The molecule has 4 nitrogen and oxygen atoms in total. The molecule has 4 heteroatoms. The van der Waals surface area contributed by atoms with Gasteiger partial charge in [0.15, 0.2) is 0 Å². The molecule has 2 rings (SSSR count). The van der Waals surface area contributed by atoms with Gasteiger partial charge in [0.25, 0.3) is 5.56 Å². The van der Waals surface area contributed by atoms with E-state index in [0.29, 0.717) is 5.92 Å². The SMILES string of the molecule is Cn1c(N2CC(CO)CC2(C)C)cccc1=O. The van der Waals surface area contributed by atoms with E-state index in [2.05, 4.69) is 18.7 Å². The van der Waals surface area contributed by atoms with Gasteiger partial charge in [-0.2, -0.15) is 0 Å². The number of hydrogen-bond donors (Lipinski definition) is 1. The number of rotatable bonds is 2. The molecule has 1 aromatic heterocycles. The highest BCUT2D eigenvalue weighted by molar-refractivity contribution is 5.44. The summed E-state index contributed by atoms with van der Waals surface area (Å²) in [5.74, 6) is 1.22. The highest BCUT2D eigenvalue weighted by Gasteiger charge is 2.38. The van der Waals surface area contributed by atoms with E-state index in [9.17, 15) is 9.90 Å². The van der Waals surface area contributed by atoms with Crippen molar-refractivity contribution in [3.05, 3.63) is 28.6 Å². The molecule has 2 heterocycles. The van der Waals surface area contributed by atoms with Crippen LogP contribution in [0, 0.1) is 5.92 Å². The van der Waals surface area contributed by atoms with Crippen molar-refractivity contribution in [1.82, 2.24) is 4.57 Å². The van der Waals surface area contributed by atoms with E-state index in [-0.39, 0.29) is 17.7 Å². The van der Waals surface area contributed by atoms with Crippen molar-refractivity contribution in [2.24, 2.45) is 13.0 Å². The summed E-state index contributed by atoms with van der Waals surface area (Å²) in [4.78, 5) is 13.9. The molecule has 0 aromatic carbocycles. The minimum atomic E-state index is -0.0149. The quantitative estimate of drug-likeness (QED) is 0.832. The van der Waals surface area contributed by atoms with Crippen LogP contribution in [0.1, 0.15) is 20.3 Å².